The molecular weight excluding hydrogens is 200 g/mol. The number of carbonyl (C=O) groups excluding carboxylic acids is 1. The maximum atomic E-state index is 11.7. The quantitative estimate of drug-likeness (QED) is 0.726. The van der Waals surface area contributed by atoms with E-state index in [4.69, 9.17) is 5.73 Å². The van der Waals surface area contributed by atoms with E-state index < -0.39 is 0 Å². The van der Waals surface area contributed by atoms with Gasteiger partial charge < -0.3 is 10.6 Å². The fraction of sp³-hybridized carbons (Fsp3) is 0.923. The van der Waals surface area contributed by atoms with Crippen molar-refractivity contribution in [3.8, 4) is 0 Å². The molecule has 0 saturated heterocycles. The monoisotopic (exact) mass is 228 g/mol. The summed E-state index contributed by atoms with van der Waals surface area (Å²) in [6.07, 6.45) is 2.52. The molecule has 16 heavy (non-hydrogen) atoms. The smallest absolute Gasteiger partial charge is 0.222 e. The molecule has 2 N–H and O–H groups in total. The van der Waals surface area contributed by atoms with Gasteiger partial charge in [-0.3, -0.25) is 4.79 Å². The van der Waals surface area contributed by atoms with E-state index in [9.17, 15) is 4.79 Å². The highest BCUT2D eigenvalue weighted by Crippen LogP contribution is 2.07. The molecule has 0 fully saturated rings. The number of nitrogens with zero attached hydrogens (tertiary/aromatic N) is 1. The maximum absolute atomic E-state index is 11.7. The van der Waals surface area contributed by atoms with Crippen LogP contribution in [0, 0.1) is 11.8 Å². The highest BCUT2D eigenvalue weighted by molar-refractivity contribution is 5.75. The van der Waals surface area contributed by atoms with Gasteiger partial charge in [0, 0.05) is 26.1 Å². The SMILES string of the molecule is CC(C)CCC(=O)N(C)CCC(N)C(C)C. The van der Waals surface area contributed by atoms with Crippen LogP contribution in [0.1, 0.15) is 47.0 Å². The van der Waals surface area contributed by atoms with Gasteiger partial charge in [0.1, 0.15) is 0 Å². The Balaban J connectivity index is 3.79. The number of carbonyl (C=O) groups is 1. The normalized spacial score (nSPS) is 13.2. The molecule has 3 nitrogen and oxygen atoms in total. The zero-order valence-corrected chi connectivity index (χ0v) is 11.5. The molecule has 0 bridgehead atoms. The summed E-state index contributed by atoms with van der Waals surface area (Å²) in [5.41, 5.74) is 5.95. The van der Waals surface area contributed by atoms with Gasteiger partial charge in [-0.1, -0.05) is 27.7 Å². The van der Waals surface area contributed by atoms with E-state index in [0.29, 0.717) is 18.3 Å². The molecule has 0 spiro atoms. The van der Waals surface area contributed by atoms with Crippen LogP contribution in [0.25, 0.3) is 0 Å². The Bertz CT molecular complexity index is 202. The summed E-state index contributed by atoms with van der Waals surface area (Å²) < 4.78 is 0. The third-order valence-corrected chi connectivity index (χ3v) is 3.02. The second-order valence-electron chi connectivity index (χ2n) is 5.44. The van der Waals surface area contributed by atoms with Gasteiger partial charge in [0.05, 0.1) is 0 Å². The van der Waals surface area contributed by atoms with Gasteiger partial charge in [-0.2, -0.15) is 0 Å². The van der Waals surface area contributed by atoms with E-state index in [2.05, 4.69) is 27.7 Å². The van der Waals surface area contributed by atoms with Crippen LogP contribution in [-0.2, 0) is 4.79 Å². The standard InChI is InChI=1S/C13H28N2O/c1-10(2)6-7-13(16)15(5)9-8-12(14)11(3)4/h10-12H,6-9,14H2,1-5H3. The first-order valence-corrected chi connectivity index (χ1v) is 6.34. The van der Waals surface area contributed by atoms with Crippen LogP contribution in [0.5, 0.6) is 0 Å². The lowest BCUT2D eigenvalue weighted by molar-refractivity contribution is -0.130. The van der Waals surface area contributed by atoms with Gasteiger partial charge >= 0.3 is 0 Å². The van der Waals surface area contributed by atoms with Crippen molar-refractivity contribution in [1.29, 1.82) is 0 Å². The molecule has 0 aromatic heterocycles. The fourth-order valence-corrected chi connectivity index (χ4v) is 1.40. The predicted octanol–water partition coefficient (Wildman–Crippen LogP) is 2.25. The predicted molar refractivity (Wildman–Crippen MR) is 69.1 cm³/mol. The summed E-state index contributed by atoms with van der Waals surface area (Å²) in [7, 11) is 1.87. The molecule has 0 radical (unpaired) electrons. The minimum absolute atomic E-state index is 0.195. The summed E-state index contributed by atoms with van der Waals surface area (Å²) in [6.45, 7) is 9.29. The molecule has 0 aliphatic heterocycles. The van der Waals surface area contributed by atoms with Crippen molar-refractivity contribution in [1.82, 2.24) is 4.90 Å². The first-order valence-electron chi connectivity index (χ1n) is 6.34. The lowest BCUT2D eigenvalue weighted by atomic mass is 10.0. The molecule has 96 valence electrons. The van der Waals surface area contributed by atoms with Crippen molar-refractivity contribution in [2.75, 3.05) is 13.6 Å². The largest absolute Gasteiger partial charge is 0.346 e. The Morgan fingerprint density at radius 2 is 1.75 bits per heavy atom. The van der Waals surface area contributed by atoms with E-state index in [1.807, 2.05) is 11.9 Å². The van der Waals surface area contributed by atoms with E-state index in [1.165, 1.54) is 0 Å². The zero-order chi connectivity index (χ0) is 12.7. The van der Waals surface area contributed by atoms with Crippen molar-refractivity contribution in [3.05, 3.63) is 0 Å². The molecule has 0 aliphatic rings. The minimum Gasteiger partial charge on any atom is -0.346 e. The number of hydrogen-bond acceptors (Lipinski definition) is 2. The van der Waals surface area contributed by atoms with Gasteiger partial charge in [0.25, 0.3) is 0 Å². The van der Waals surface area contributed by atoms with Crippen LogP contribution in [0.3, 0.4) is 0 Å². The first-order chi connectivity index (χ1) is 7.34. The highest BCUT2D eigenvalue weighted by atomic mass is 16.2. The molecule has 0 saturated carbocycles. The fourth-order valence-electron chi connectivity index (χ4n) is 1.40. The van der Waals surface area contributed by atoms with Crippen molar-refractivity contribution in [2.45, 2.75) is 53.0 Å². The molecule has 0 aliphatic carbocycles. The Hall–Kier alpha value is -0.570. The maximum Gasteiger partial charge on any atom is 0.222 e. The first kappa shape index (κ1) is 15.4. The third kappa shape index (κ3) is 6.83. The van der Waals surface area contributed by atoms with Gasteiger partial charge in [-0.05, 0) is 24.7 Å². The summed E-state index contributed by atoms with van der Waals surface area (Å²) in [4.78, 5) is 13.5. The number of hydrogen-bond donors (Lipinski definition) is 1. The van der Waals surface area contributed by atoms with Gasteiger partial charge in [0.15, 0.2) is 0 Å². The van der Waals surface area contributed by atoms with Crippen molar-refractivity contribution in [3.63, 3.8) is 0 Å². The number of amides is 1. The molecule has 0 aromatic carbocycles. The minimum atomic E-state index is 0.195. The Morgan fingerprint density at radius 1 is 1.19 bits per heavy atom. The molecule has 0 heterocycles. The van der Waals surface area contributed by atoms with Crippen LogP contribution < -0.4 is 5.73 Å². The van der Waals surface area contributed by atoms with Gasteiger partial charge in [-0.25, -0.2) is 0 Å². The van der Waals surface area contributed by atoms with Gasteiger partial charge in [0.2, 0.25) is 5.91 Å². The summed E-state index contributed by atoms with van der Waals surface area (Å²) in [5.74, 6) is 1.32. The topological polar surface area (TPSA) is 46.3 Å². The Labute approximate surface area is 100 Å². The van der Waals surface area contributed by atoms with E-state index >= 15 is 0 Å². The second kappa shape index (κ2) is 7.66. The average Bonchev–Trinajstić information content (AvgIpc) is 2.21. The number of rotatable bonds is 7. The Kier molecular flexibility index (Phi) is 7.39. The highest BCUT2D eigenvalue weighted by Gasteiger charge is 2.12. The molecule has 1 atom stereocenters. The van der Waals surface area contributed by atoms with Crippen LogP contribution in [-0.4, -0.2) is 30.4 Å². The molecule has 1 amide bonds. The van der Waals surface area contributed by atoms with Crippen molar-refractivity contribution < 1.29 is 4.79 Å². The molecule has 0 rings (SSSR count). The Morgan fingerprint density at radius 3 is 2.19 bits per heavy atom. The number of nitrogens with two attached hydrogens (primary N) is 1. The second-order valence-corrected chi connectivity index (χ2v) is 5.44. The van der Waals surface area contributed by atoms with E-state index in [1.54, 1.807) is 0 Å². The average molecular weight is 228 g/mol. The third-order valence-electron chi connectivity index (χ3n) is 3.02. The van der Waals surface area contributed by atoms with Crippen LogP contribution in [0.15, 0.2) is 0 Å². The van der Waals surface area contributed by atoms with Crippen LogP contribution in [0.2, 0.25) is 0 Å². The lowest BCUT2D eigenvalue weighted by Gasteiger charge is -2.21. The van der Waals surface area contributed by atoms with Crippen molar-refractivity contribution in [2.24, 2.45) is 17.6 Å². The van der Waals surface area contributed by atoms with E-state index in [0.717, 1.165) is 19.4 Å². The summed E-state index contributed by atoms with van der Waals surface area (Å²) in [6, 6.07) is 0.195. The molecule has 0 aromatic rings. The summed E-state index contributed by atoms with van der Waals surface area (Å²) in [5, 5.41) is 0. The van der Waals surface area contributed by atoms with E-state index in [-0.39, 0.29) is 11.9 Å². The van der Waals surface area contributed by atoms with Crippen LogP contribution >= 0.6 is 0 Å². The van der Waals surface area contributed by atoms with Gasteiger partial charge in [-0.15, -0.1) is 0 Å². The van der Waals surface area contributed by atoms with Crippen molar-refractivity contribution >= 4 is 5.91 Å². The molecule has 3 heteroatoms. The summed E-state index contributed by atoms with van der Waals surface area (Å²) >= 11 is 0. The molecular formula is C13H28N2O. The zero-order valence-electron chi connectivity index (χ0n) is 11.5. The molecule has 1 unspecified atom stereocenters. The lowest BCUT2D eigenvalue weighted by Crippen LogP contribution is -2.34. The van der Waals surface area contributed by atoms with Crippen LogP contribution in [0.4, 0.5) is 0 Å².